The Morgan fingerprint density at radius 1 is 0.875 bits per heavy atom. The molecule has 0 aliphatic carbocycles. The van der Waals surface area contributed by atoms with E-state index in [0.717, 1.165) is 51.6 Å². The monoisotopic (exact) mass is 545 g/mol. The summed E-state index contributed by atoms with van der Waals surface area (Å²) in [5, 5.41) is 14.9. The number of ether oxygens (including phenoxy) is 2. The van der Waals surface area contributed by atoms with Gasteiger partial charge in [-0.1, -0.05) is 48.5 Å². The van der Waals surface area contributed by atoms with Crippen molar-refractivity contribution in [2.75, 3.05) is 12.3 Å². The Morgan fingerprint density at radius 3 is 2.40 bits per heavy atom. The average molecular weight is 546 g/mol. The molecule has 0 aliphatic heterocycles. The highest BCUT2D eigenvalue weighted by atomic mass is 32.1. The van der Waals surface area contributed by atoms with E-state index < -0.39 is 0 Å². The molecule has 6 heteroatoms. The van der Waals surface area contributed by atoms with Crippen molar-refractivity contribution in [3.63, 3.8) is 0 Å². The van der Waals surface area contributed by atoms with Crippen LogP contribution in [0.4, 0.5) is 5.69 Å². The number of rotatable bonds is 11. The number of hydrogen-bond acceptors (Lipinski definition) is 6. The third kappa shape index (κ3) is 6.89. The fourth-order valence-corrected chi connectivity index (χ4v) is 5.22. The lowest BCUT2D eigenvalue weighted by atomic mass is 9.93. The normalized spacial score (nSPS) is 11.5. The van der Waals surface area contributed by atoms with Crippen molar-refractivity contribution >= 4 is 17.0 Å². The van der Waals surface area contributed by atoms with Gasteiger partial charge in [0.25, 0.3) is 0 Å². The Hall–Kier alpha value is -4.57. The van der Waals surface area contributed by atoms with Gasteiger partial charge in [-0.15, -0.1) is 11.3 Å². The van der Waals surface area contributed by atoms with Crippen LogP contribution in [0.25, 0.3) is 0 Å². The number of anilines is 1. The number of hydrogen-bond donors (Lipinski definition) is 2. The predicted molar refractivity (Wildman–Crippen MR) is 162 cm³/mol. The molecule has 1 aromatic heterocycles. The molecule has 5 rings (SSSR count). The van der Waals surface area contributed by atoms with E-state index in [9.17, 15) is 0 Å². The van der Waals surface area contributed by atoms with Crippen molar-refractivity contribution in [1.82, 2.24) is 5.32 Å². The van der Waals surface area contributed by atoms with Gasteiger partial charge in [0, 0.05) is 29.6 Å². The zero-order valence-corrected chi connectivity index (χ0v) is 23.2. The lowest BCUT2D eigenvalue weighted by molar-refractivity contribution is 0.321. The molecule has 0 spiro atoms. The van der Waals surface area contributed by atoms with Crippen LogP contribution in [0.2, 0.25) is 0 Å². The van der Waals surface area contributed by atoms with Gasteiger partial charge in [0.15, 0.2) is 0 Å². The molecular weight excluding hydrogens is 514 g/mol. The lowest BCUT2D eigenvalue weighted by Gasteiger charge is -2.23. The van der Waals surface area contributed by atoms with Crippen molar-refractivity contribution in [3.8, 4) is 23.3 Å². The molecule has 0 amide bonds. The van der Waals surface area contributed by atoms with E-state index in [2.05, 4.69) is 47.1 Å². The van der Waals surface area contributed by atoms with E-state index in [1.165, 1.54) is 4.88 Å². The van der Waals surface area contributed by atoms with Gasteiger partial charge < -0.3 is 20.5 Å². The summed E-state index contributed by atoms with van der Waals surface area (Å²) in [6.07, 6.45) is 0.886. The van der Waals surface area contributed by atoms with Gasteiger partial charge in [-0.3, -0.25) is 0 Å². The summed E-state index contributed by atoms with van der Waals surface area (Å²) in [6.45, 7) is 3.31. The van der Waals surface area contributed by atoms with Crippen molar-refractivity contribution in [2.24, 2.45) is 0 Å². The number of nitriles is 1. The Morgan fingerprint density at radius 2 is 1.65 bits per heavy atom. The standard InChI is InChI=1S/C34H31N3O2S/c1-24-32(8-3-9-33(24)36)34(37-23-26-12-10-25(22-35)11-13-26)27-14-16-28(17-15-27)39-30-6-2-5-29(21-30)38-19-18-31-7-4-20-40-31/h2-17,20-21,34,37H,18-19,23,36H2,1H3. The second-order valence-electron chi connectivity index (χ2n) is 9.51. The number of nitrogens with zero attached hydrogens (tertiary/aromatic N) is 1. The van der Waals surface area contributed by atoms with E-state index in [-0.39, 0.29) is 6.04 Å². The summed E-state index contributed by atoms with van der Waals surface area (Å²) in [5.41, 5.74) is 12.0. The fourth-order valence-electron chi connectivity index (χ4n) is 4.53. The number of nitrogens with one attached hydrogen (secondary N) is 1. The zero-order valence-electron chi connectivity index (χ0n) is 22.3. The largest absolute Gasteiger partial charge is 0.493 e. The molecule has 1 unspecified atom stereocenters. The molecule has 200 valence electrons. The minimum atomic E-state index is -0.0757. The van der Waals surface area contributed by atoms with Gasteiger partial charge in [-0.25, -0.2) is 0 Å². The highest BCUT2D eigenvalue weighted by Gasteiger charge is 2.17. The number of nitrogens with two attached hydrogens (primary N) is 1. The van der Waals surface area contributed by atoms with Crippen LogP contribution in [-0.2, 0) is 13.0 Å². The molecule has 5 aromatic rings. The molecule has 4 aromatic carbocycles. The van der Waals surface area contributed by atoms with E-state index in [0.29, 0.717) is 18.7 Å². The Kier molecular flexibility index (Phi) is 8.77. The molecule has 0 saturated carbocycles. The van der Waals surface area contributed by atoms with Crippen LogP contribution >= 0.6 is 11.3 Å². The molecule has 0 bridgehead atoms. The first-order valence-electron chi connectivity index (χ1n) is 13.2. The predicted octanol–water partition coefficient (Wildman–Crippen LogP) is 7.80. The Labute approximate surface area is 239 Å². The Balaban J connectivity index is 1.29. The van der Waals surface area contributed by atoms with Gasteiger partial charge in [0.2, 0.25) is 0 Å². The summed E-state index contributed by atoms with van der Waals surface area (Å²) in [6, 6.07) is 35.8. The van der Waals surface area contributed by atoms with Gasteiger partial charge in [0.1, 0.15) is 17.2 Å². The first-order chi connectivity index (χ1) is 19.6. The van der Waals surface area contributed by atoms with Gasteiger partial charge >= 0.3 is 0 Å². The van der Waals surface area contributed by atoms with Crippen LogP contribution in [0.1, 0.15) is 38.7 Å². The third-order valence-electron chi connectivity index (χ3n) is 6.77. The smallest absolute Gasteiger partial charge is 0.131 e. The van der Waals surface area contributed by atoms with Gasteiger partial charge in [0.05, 0.1) is 24.3 Å². The first-order valence-corrected chi connectivity index (χ1v) is 14.1. The maximum Gasteiger partial charge on any atom is 0.131 e. The van der Waals surface area contributed by atoms with Crippen LogP contribution in [0.3, 0.4) is 0 Å². The summed E-state index contributed by atoms with van der Waals surface area (Å²) in [4.78, 5) is 1.31. The molecule has 40 heavy (non-hydrogen) atoms. The third-order valence-corrected chi connectivity index (χ3v) is 7.71. The van der Waals surface area contributed by atoms with Crippen molar-refractivity contribution < 1.29 is 9.47 Å². The number of benzene rings is 4. The molecular formula is C34H31N3O2S. The van der Waals surface area contributed by atoms with Crippen molar-refractivity contribution in [1.29, 1.82) is 5.26 Å². The SMILES string of the molecule is Cc1c(N)cccc1C(NCc1ccc(C#N)cc1)c1ccc(Oc2cccc(OCCc3cccs3)c2)cc1. The Bertz CT molecular complexity index is 1570. The molecule has 1 atom stereocenters. The quantitative estimate of drug-likeness (QED) is 0.166. The van der Waals surface area contributed by atoms with Crippen molar-refractivity contribution in [2.45, 2.75) is 25.9 Å². The number of nitrogen functional groups attached to an aromatic ring is 1. The van der Waals surface area contributed by atoms with Crippen molar-refractivity contribution in [3.05, 3.63) is 141 Å². The minimum Gasteiger partial charge on any atom is -0.493 e. The lowest BCUT2D eigenvalue weighted by Crippen LogP contribution is -2.23. The molecule has 0 aliphatic rings. The van der Waals surface area contributed by atoms with Crippen LogP contribution in [0.5, 0.6) is 17.2 Å². The highest BCUT2D eigenvalue weighted by Crippen LogP contribution is 2.31. The molecule has 3 N–H and O–H groups in total. The molecule has 1 heterocycles. The van der Waals surface area contributed by atoms with Crippen LogP contribution < -0.4 is 20.5 Å². The van der Waals surface area contributed by atoms with E-state index in [1.807, 2.05) is 79.7 Å². The second kappa shape index (κ2) is 13.0. The summed E-state index contributed by atoms with van der Waals surface area (Å²) >= 11 is 1.74. The molecule has 0 saturated heterocycles. The fraction of sp³-hybridized carbons (Fsp3) is 0.147. The minimum absolute atomic E-state index is 0.0757. The summed E-state index contributed by atoms with van der Waals surface area (Å²) in [7, 11) is 0. The van der Waals surface area contributed by atoms with Crippen LogP contribution in [0, 0.1) is 18.3 Å². The van der Waals surface area contributed by atoms with Crippen LogP contribution in [-0.4, -0.2) is 6.61 Å². The van der Waals surface area contributed by atoms with Gasteiger partial charge in [-0.05, 0) is 83.1 Å². The first kappa shape index (κ1) is 27.0. The molecule has 5 nitrogen and oxygen atoms in total. The van der Waals surface area contributed by atoms with Crippen LogP contribution in [0.15, 0.2) is 109 Å². The second-order valence-corrected chi connectivity index (χ2v) is 10.5. The molecule has 0 radical (unpaired) electrons. The van der Waals surface area contributed by atoms with E-state index in [4.69, 9.17) is 20.5 Å². The van der Waals surface area contributed by atoms with E-state index >= 15 is 0 Å². The number of thiophene rings is 1. The topological polar surface area (TPSA) is 80.3 Å². The maximum absolute atomic E-state index is 9.10. The average Bonchev–Trinajstić information content (AvgIpc) is 3.50. The summed E-state index contributed by atoms with van der Waals surface area (Å²) in [5.74, 6) is 2.26. The van der Waals surface area contributed by atoms with E-state index in [1.54, 1.807) is 11.3 Å². The zero-order chi connectivity index (χ0) is 27.7. The molecule has 0 fully saturated rings. The highest BCUT2D eigenvalue weighted by molar-refractivity contribution is 7.09. The maximum atomic E-state index is 9.10. The van der Waals surface area contributed by atoms with Gasteiger partial charge in [-0.2, -0.15) is 5.26 Å². The summed E-state index contributed by atoms with van der Waals surface area (Å²) < 4.78 is 12.1.